The highest BCUT2D eigenvalue weighted by molar-refractivity contribution is 5.87. The molecule has 1 saturated heterocycles. The van der Waals surface area contributed by atoms with Gasteiger partial charge in [-0.3, -0.25) is 0 Å². The molecule has 8 nitrogen and oxygen atoms in total. The summed E-state index contributed by atoms with van der Waals surface area (Å²) in [4.78, 5) is 7.07. The minimum absolute atomic E-state index is 0.186. The number of para-hydroxylation sites is 1. The number of benzene rings is 1. The van der Waals surface area contributed by atoms with Gasteiger partial charge in [-0.05, 0) is 17.7 Å². The Balaban J connectivity index is 1.96. The molecule has 2 heterocycles. The number of hydrogen-bond donors (Lipinski definition) is 2. The molecule has 1 fully saturated rings. The van der Waals surface area contributed by atoms with Gasteiger partial charge in [0, 0.05) is 11.3 Å². The molecule has 104 valence electrons. The maximum Gasteiger partial charge on any atom is 0.136 e. The molecule has 0 aliphatic carbocycles. The van der Waals surface area contributed by atoms with Gasteiger partial charge in [0.1, 0.15) is 11.7 Å². The Hall–Kier alpha value is -2.28. The number of nitrogens with zero attached hydrogens (tertiary/aromatic N) is 5. The molecule has 2 aromatic rings. The van der Waals surface area contributed by atoms with Crippen molar-refractivity contribution in [2.75, 3.05) is 12.3 Å². The van der Waals surface area contributed by atoms with Crippen LogP contribution in [0.2, 0.25) is 0 Å². The first-order valence-electron chi connectivity index (χ1n) is 6.26. The summed E-state index contributed by atoms with van der Waals surface area (Å²) in [7, 11) is 0. The minimum atomic E-state index is -0.491. The van der Waals surface area contributed by atoms with Gasteiger partial charge in [0.05, 0.1) is 36.3 Å². The van der Waals surface area contributed by atoms with Crippen LogP contribution in [0.5, 0.6) is 0 Å². The number of aliphatic hydroxyl groups is 1. The number of fused-ring (bicyclic) bond motifs is 1. The van der Waals surface area contributed by atoms with E-state index in [1.165, 1.54) is 0 Å². The lowest BCUT2D eigenvalue weighted by Gasteiger charge is -2.14. The Morgan fingerprint density at radius 3 is 3.20 bits per heavy atom. The molecule has 3 atom stereocenters. The van der Waals surface area contributed by atoms with E-state index < -0.39 is 6.10 Å². The van der Waals surface area contributed by atoms with Crippen LogP contribution < -0.4 is 5.73 Å². The third kappa shape index (κ3) is 1.96. The number of aliphatic hydroxyl groups excluding tert-OH is 1. The summed E-state index contributed by atoms with van der Waals surface area (Å²) in [6, 6.07) is 5.15. The van der Waals surface area contributed by atoms with Gasteiger partial charge in [0.25, 0.3) is 0 Å². The number of azide groups is 1. The monoisotopic (exact) mass is 274 g/mol. The van der Waals surface area contributed by atoms with Crippen molar-refractivity contribution in [2.24, 2.45) is 5.11 Å². The second-order valence-electron chi connectivity index (χ2n) is 4.69. The lowest BCUT2D eigenvalue weighted by Crippen LogP contribution is -2.22. The van der Waals surface area contributed by atoms with E-state index in [0.29, 0.717) is 17.6 Å². The molecule has 8 heteroatoms. The number of nitrogens with two attached hydrogens (primary N) is 1. The van der Waals surface area contributed by atoms with Gasteiger partial charge in [0.2, 0.25) is 0 Å². The summed E-state index contributed by atoms with van der Waals surface area (Å²) in [5, 5.41) is 13.0. The number of anilines is 1. The molecule has 0 radical (unpaired) electrons. The second-order valence-corrected chi connectivity index (χ2v) is 4.69. The first-order valence-corrected chi connectivity index (χ1v) is 6.26. The quantitative estimate of drug-likeness (QED) is 0.381. The number of aromatic nitrogens is 2. The number of ether oxygens (including phenoxy) is 1. The van der Waals surface area contributed by atoms with E-state index in [1.54, 1.807) is 12.4 Å². The molecule has 3 rings (SSSR count). The number of rotatable bonds is 3. The number of imidazole rings is 1. The van der Waals surface area contributed by atoms with Gasteiger partial charge >= 0.3 is 0 Å². The van der Waals surface area contributed by atoms with Crippen LogP contribution in [0.4, 0.5) is 5.69 Å². The van der Waals surface area contributed by atoms with Crippen molar-refractivity contribution in [3.05, 3.63) is 35.0 Å². The van der Waals surface area contributed by atoms with Crippen LogP contribution in [0.15, 0.2) is 29.6 Å². The highest BCUT2D eigenvalue weighted by Crippen LogP contribution is 2.33. The van der Waals surface area contributed by atoms with Crippen LogP contribution in [0.1, 0.15) is 12.6 Å². The molecule has 20 heavy (non-hydrogen) atoms. The summed E-state index contributed by atoms with van der Waals surface area (Å²) in [5.41, 5.74) is 16.6. The lowest BCUT2D eigenvalue weighted by atomic mass is 10.1. The Bertz CT molecular complexity index is 678. The third-order valence-corrected chi connectivity index (χ3v) is 3.53. The van der Waals surface area contributed by atoms with E-state index in [2.05, 4.69) is 15.0 Å². The fourth-order valence-corrected chi connectivity index (χ4v) is 2.55. The van der Waals surface area contributed by atoms with Gasteiger partial charge in [-0.25, -0.2) is 4.98 Å². The lowest BCUT2D eigenvalue weighted by molar-refractivity contribution is -0.0230. The molecular formula is C12H14N6O2. The Morgan fingerprint density at radius 1 is 1.60 bits per heavy atom. The summed E-state index contributed by atoms with van der Waals surface area (Å²) < 4.78 is 7.58. The molecule has 0 bridgehead atoms. The number of nitrogen functional groups attached to an aromatic ring is 1. The Labute approximate surface area is 114 Å². The van der Waals surface area contributed by atoms with Crippen LogP contribution >= 0.6 is 0 Å². The van der Waals surface area contributed by atoms with E-state index in [4.69, 9.17) is 16.0 Å². The van der Waals surface area contributed by atoms with Gasteiger partial charge in [-0.2, -0.15) is 0 Å². The predicted molar refractivity (Wildman–Crippen MR) is 72.7 cm³/mol. The summed E-state index contributed by atoms with van der Waals surface area (Å²) in [6.07, 6.45) is 1.33. The minimum Gasteiger partial charge on any atom is -0.397 e. The fraction of sp³-hybridized carbons (Fsp3) is 0.417. The van der Waals surface area contributed by atoms with Crippen LogP contribution in [0, 0.1) is 0 Å². The van der Waals surface area contributed by atoms with Crippen molar-refractivity contribution in [2.45, 2.75) is 24.8 Å². The van der Waals surface area contributed by atoms with E-state index in [-0.39, 0.29) is 18.9 Å². The zero-order valence-corrected chi connectivity index (χ0v) is 10.6. The molecule has 0 saturated carbocycles. The maximum absolute atomic E-state index is 9.28. The molecule has 1 aliphatic heterocycles. The van der Waals surface area contributed by atoms with Gasteiger partial charge in [-0.15, -0.1) is 0 Å². The summed E-state index contributed by atoms with van der Waals surface area (Å²) >= 11 is 0. The van der Waals surface area contributed by atoms with Crippen LogP contribution in [0.25, 0.3) is 21.5 Å². The van der Waals surface area contributed by atoms with Crippen molar-refractivity contribution in [3.63, 3.8) is 0 Å². The molecule has 0 amide bonds. The average molecular weight is 274 g/mol. The van der Waals surface area contributed by atoms with Crippen LogP contribution in [-0.2, 0) is 4.74 Å². The summed E-state index contributed by atoms with van der Waals surface area (Å²) in [5.74, 6) is 0. The van der Waals surface area contributed by atoms with Crippen LogP contribution in [-0.4, -0.2) is 33.4 Å². The molecule has 1 aliphatic rings. The van der Waals surface area contributed by atoms with Crippen molar-refractivity contribution in [3.8, 4) is 0 Å². The fourth-order valence-electron chi connectivity index (χ4n) is 2.55. The van der Waals surface area contributed by atoms with Crippen molar-refractivity contribution >= 4 is 16.7 Å². The predicted octanol–water partition coefficient (Wildman–Crippen LogP) is 1.58. The van der Waals surface area contributed by atoms with Crippen molar-refractivity contribution < 1.29 is 9.84 Å². The standard InChI is InChI=1S/C12H14N6O2/c13-7-2-1-3-9-12(7)15-6-18(9)11-4-8(16-17-14)10(5-19)20-11/h1-3,6,8,10-11,19H,4-5,13H2/t8?,10-,11+/m1/s1. The van der Waals surface area contributed by atoms with Crippen LogP contribution in [0.3, 0.4) is 0 Å². The molecule has 3 N–H and O–H groups in total. The first-order chi connectivity index (χ1) is 9.74. The average Bonchev–Trinajstić information content (AvgIpc) is 3.03. The zero-order valence-electron chi connectivity index (χ0n) is 10.6. The Kier molecular flexibility index (Phi) is 3.19. The van der Waals surface area contributed by atoms with Gasteiger partial charge in [0.15, 0.2) is 0 Å². The molecule has 1 unspecified atom stereocenters. The van der Waals surface area contributed by atoms with E-state index in [1.807, 2.05) is 16.7 Å². The smallest absolute Gasteiger partial charge is 0.136 e. The van der Waals surface area contributed by atoms with Gasteiger partial charge < -0.3 is 20.1 Å². The summed E-state index contributed by atoms with van der Waals surface area (Å²) in [6.45, 7) is -0.186. The third-order valence-electron chi connectivity index (χ3n) is 3.53. The topological polar surface area (TPSA) is 122 Å². The van der Waals surface area contributed by atoms with E-state index in [9.17, 15) is 5.11 Å². The van der Waals surface area contributed by atoms with Crippen molar-refractivity contribution in [1.29, 1.82) is 0 Å². The number of hydrogen-bond acceptors (Lipinski definition) is 5. The maximum atomic E-state index is 9.28. The Morgan fingerprint density at radius 2 is 2.45 bits per heavy atom. The highest BCUT2D eigenvalue weighted by atomic mass is 16.5. The molecule has 0 spiro atoms. The zero-order chi connectivity index (χ0) is 14.1. The van der Waals surface area contributed by atoms with E-state index in [0.717, 1.165) is 5.52 Å². The SMILES string of the molecule is [N-]=[N+]=NC1C[C@@H](n2cnc3c(N)cccc32)O[C@@H]1CO. The first kappa shape index (κ1) is 12.7. The molecule has 1 aromatic heterocycles. The molecule has 1 aromatic carbocycles. The van der Waals surface area contributed by atoms with Crippen molar-refractivity contribution in [1.82, 2.24) is 9.55 Å². The van der Waals surface area contributed by atoms with E-state index >= 15 is 0 Å². The second kappa shape index (κ2) is 5.01. The normalized spacial score (nSPS) is 25.8. The largest absolute Gasteiger partial charge is 0.397 e. The highest BCUT2D eigenvalue weighted by Gasteiger charge is 2.35. The van der Waals surface area contributed by atoms with Gasteiger partial charge in [-0.1, -0.05) is 11.2 Å². The molecular weight excluding hydrogens is 260 g/mol.